The van der Waals surface area contributed by atoms with Gasteiger partial charge in [-0.15, -0.1) is 0 Å². The molecule has 5 heteroatoms. The van der Waals surface area contributed by atoms with E-state index in [1.54, 1.807) is 0 Å². The largest absolute Gasteiger partial charge is 0.394 e. The monoisotopic (exact) mass is 252 g/mol. The second kappa shape index (κ2) is 7.10. The van der Waals surface area contributed by atoms with E-state index in [0.717, 1.165) is 11.3 Å². The highest BCUT2D eigenvalue weighted by Gasteiger charge is 2.08. The number of anilines is 1. The summed E-state index contributed by atoms with van der Waals surface area (Å²) in [4.78, 5) is 11.0. The molecule has 0 aliphatic carbocycles. The number of aliphatic hydroxyl groups excluding tert-OH is 2. The maximum atomic E-state index is 11.0. The molecule has 0 saturated carbocycles. The van der Waals surface area contributed by atoms with Crippen LogP contribution < -0.4 is 10.6 Å². The number of benzene rings is 1. The SMILES string of the molecule is CC(=O)Nc1cccc(C(C)NCC(O)CO)c1. The zero-order valence-corrected chi connectivity index (χ0v) is 10.7. The van der Waals surface area contributed by atoms with Crippen molar-refractivity contribution in [2.45, 2.75) is 26.0 Å². The molecule has 0 aliphatic heterocycles. The molecule has 2 unspecified atom stereocenters. The van der Waals surface area contributed by atoms with Crippen LogP contribution in [0.2, 0.25) is 0 Å². The third-order valence-corrected chi connectivity index (χ3v) is 2.58. The van der Waals surface area contributed by atoms with Crippen molar-refractivity contribution in [1.29, 1.82) is 0 Å². The molecule has 5 nitrogen and oxygen atoms in total. The number of amides is 1. The number of nitrogens with one attached hydrogen (secondary N) is 2. The molecular formula is C13H20N2O3. The lowest BCUT2D eigenvalue weighted by atomic mass is 10.1. The van der Waals surface area contributed by atoms with E-state index in [2.05, 4.69) is 10.6 Å². The van der Waals surface area contributed by atoms with Gasteiger partial charge < -0.3 is 20.8 Å². The first-order valence-corrected chi connectivity index (χ1v) is 5.92. The van der Waals surface area contributed by atoms with Gasteiger partial charge in [0.25, 0.3) is 0 Å². The molecule has 1 rings (SSSR count). The van der Waals surface area contributed by atoms with Crippen LogP contribution in [0.3, 0.4) is 0 Å². The Hall–Kier alpha value is -1.43. The summed E-state index contributed by atoms with van der Waals surface area (Å²) in [6.45, 7) is 3.48. The average molecular weight is 252 g/mol. The maximum Gasteiger partial charge on any atom is 0.221 e. The van der Waals surface area contributed by atoms with Crippen molar-refractivity contribution in [3.63, 3.8) is 0 Å². The summed E-state index contributed by atoms with van der Waals surface area (Å²) < 4.78 is 0. The van der Waals surface area contributed by atoms with Gasteiger partial charge >= 0.3 is 0 Å². The van der Waals surface area contributed by atoms with Gasteiger partial charge in [-0.25, -0.2) is 0 Å². The summed E-state index contributed by atoms with van der Waals surface area (Å²) in [5.41, 5.74) is 1.75. The summed E-state index contributed by atoms with van der Waals surface area (Å²) >= 11 is 0. The van der Waals surface area contributed by atoms with Crippen LogP contribution in [0.4, 0.5) is 5.69 Å². The van der Waals surface area contributed by atoms with E-state index >= 15 is 0 Å². The van der Waals surface area contributed by atoms with Crippen molar-refractivity contribution in [2.24, 2.45) is 0 Å². The van der Waals surface area contributed by atoms with Gasteiger partial charge in [0.15, 0.2) is 0 Å². The van der Waals surface area contributed by atoms with Crippen molar-refractivity contribution in [2.75, 3.05) is 18.5 Å². The molecule has 1 aromatic rings. The number of rotatable bonds is 6. The normalized spacial score (nSPS) is 14.0. The van der Waals surface area contributed by atoms with Crippen LogP contribution >= 0.6 is 0 Å². The highest BCUT2D eigenvalue weighted by Crippen LogP contribution is 2.17. The minimum atomic E-state index is -0.758. The fraction of sp³-hybridized carbons (Fsp3) is 0.462. The average Bonchev–Trinajstić information content (AvgIpc) is 2.35. The van der Waals surface area contributed by atoms with E-state index in [9.17, 15) is 9.90 Å². The Balaban J connectivity index is 2.62. The van der Waals surface area contributed by atoms with Gasteiger partial charge in [0.05, 0.1) is 12.7 Å². The number of carbonyl (C=O) groups is 1. The summed E-state index contributed by atoms with van der Waals surface area (Å²) in [6.07, 6.45) is -0.758. The Kier molecular flexibility index (Phi) is 5.77. The Bertz CT molecular complexity index is 396. The molecule has 2 atom stereocenters. The highest BCUT2D eigenvalue weighted by atomic mass is 16.3. The zero-order chi connectivity index (χ0) is 13.5. The summed E-state index contributed by atoms with van der Waals surface area (Å²) in [7, 11) is 0. The second-order valence-corrected chi connectivity index (χ2v) is 4.27. The maximum absolute atomic E-state index is 11.0. The molecular weight excluding hydrogens is 232 g/mol. The molecule has 100 valence electrons. The van der Waals surface area contributed by atoms with Crippen LogP contribution in [0.15, 0.2) is 24.3 Å². The van der Waals surface area contributed by atoms with Crippen LogP contribution in [0.25, 0.3) is 0 Å². The third-order valence-electron chi connectivity index (χ3n) is 2.58. The number of aliphatic hydroxyl groups is 2. The van der Waals surface area contributed by atoms with Crippen LogP contribution in [0, 0.1) is 0 Å². The lowest BCUT2D eigenvalue weighted by molar-refractivity contribution is -0.114. The Morgan fingerprint density at radius 1 is 1.44 bits per heavy atom. The van der Waals surface area contributed by atoms with Gasteiger partial charge in [0.1, 0.15) is 0 Å². The molecule has 0 spiro atoms. The number of hydrogen-bond acceptors (Lipinski definition) is 4. The van der Waals surface area contributed by atoms with E-state index in [4.69, 9.17) is 5.11 Å². The van der Waals surface area contributed by atoms with Crippen molar-refractivity contribution in [3.05, 3.63) is 29.8 Å². The molecule has 18 heavy (non-hydrogen) atoms. The predicted octanol–water partition coefficient (Wildman–Crippen LogP) is 0.649. The third kappa shape index (κ3) is 4.83. The number of hydrogen-bond donors (Lipinski definition) is 4. The lowest BCUT2D eigenvalue weighted by Gasteiger charge is -2.17. The molecule has 0 heterocycles. The fourth-order valence-electron chi connectivity index (χ4n) is 1.58. The van der Waals surface area contributed by atoms with Gasteiger partial charge in [-0.2, -0.15) is 0 Å². The first kappa shape index (κ1) is 14.6. The first-order chi connectivity index (χ1) is 8.52. The Labute approximate surface area is 107 Å². The molecule has 4 N–H and O–H groups in total. The molecule has 0 fully saturated rings. The Morgan fingerprint density at radius 2 is 2.17 bits per heavy atom. The van der Waals surface area contributed by atoms with Crippen molar-refractivity contribution < 1.29 is 15.0 Å². The molecule has 1 aromatic carbocycles. The van der Waals surface area contributed by atoms with Crippen LogP contribution in [-0.4, -0.2) is 35.4 Å². The van der Waals surface area contributed by atoms with E-state index in [1.165, 1.54) is 6.92 Å². The van der Waals surface area contributed by atoms with Gasteiger partial charge in [0, 0.05) is 25.2 Å². The van der Waals surface area contributed by atoms with Gasteiger partial charge in [-0.1, -0.05) is 12.1 Å². The highest BCUT2D eigenvalue weighted by molar-refractivity contribution is 5.88. The predicted molar refractivity (Wildman–Crippen MR) is 70.3 cm³/mol. The van der Waals surface area contributed by atoms with Crippen molar-refractivity contribution in [1.82, 2.24) is 5.32 Å². The molecule has 0 saturated heterocycles. The van der Waals surface area contributed by atoms with Gasteiger partial charge in [-0.3, -0.25) is 4.79 Å². The van der Waals surface area contributed by atoms with Crippen LogP contribution in [0.5, 0.6) is 0 Å². The minimum Gasteiger partial charge on any atom is -0.394 e. The van der Waals surface area contributed by atoms with Crippen LogP contribution in [-0.2, 0) is 4.79 Å². The topological polar surface area (TPSA) is 81.6 Å². The summed E-state index contributed by atoms with van der Waals surface area (Å²) in [5.74, 6) is -0.108. The summed E-state index contributed by atoms with van der Waals surface area (Å²) in [6, 6.07) is 7.53. The molecule has 0 aromatic heterocycles. The molecule has 1 amide bonds. The van der Waals surface area contributed by atoms with E-state index in [1.807, 2.05) is 31.2 Å². The van der Waals surface area contributed by atoms with Gasteiger partial charge in [0.2, 0.25) is 5.91 Å². The molecule has 0 bridgehead atoms. The van der Waals surface area contributed by atoms with E-state index in [0.29, 0.717) is 6.54 Å². The molecule has 0 radical (unpaired) electrons. The Morgan fingerprint density at radius 3 is 2.78 bits per heavy atom. The van der Waals surface area contributed by atoms with E-state index < -0.39 is 6.10 Å². The van der Waals surface area contributed by atoms with Crippen molar-refractivity contribution >= 4 is 11.6 Å². The zero-order valence-electron chi connectivity index (χ0n) is 10.7. The van der Waals surface area contributed by atoms with Crippen LogP contribution in [0.1, 0.15) is 25.5 Å². The first-order valence-electron chi connectivity index (χ1n) is 5.92. The van der Waals surface area contributed by atoms with E-state index in [-0.39, 0.29) is 18.6 Å². The quantitative estimate of drug-likeness (QED) is 0.599. The van der Waals surface area contributed by atoms with Gasteiger partial charge in [-0.05, 0) is 24.6 Å². The fourth-order valence-corrected chi connectivity index (χ4v) is 1.58. The lowest BCUT2D eigenvalue weighted by Crippen LogP contribution is -2.31. The standard InChI is InChI=1S/C13H20N2O3/c1-9(14-7-13(18)8-16)11-4-3-5-12(6-11)15-10(2)17/h3-6,9,13-14,16,18H,7-8H2,1-2H3,(H,15,17). The minimum absolute atomic E-state index is 0.0277. The number of carbonyl (C=O) groups excluding carboxylic acids is 1. The smallest absolute Gasteiger partial charge is 0.221 e. The van der Waals surface area contributed by atoms with Crippen molar-refractivity contribution in [3.8, 4) is 0 Å². The molecule has 0 aliphatic rings. The summed E-state index contributed by atoms with van der Waals surface area (Å²) in [5, 5.41) is 23.8. The second-order valence-electron chi connectivity index (χ2n) is 4.27.